The molecule has 0 radical (unpaired) electrons. The maximum atomic E-state index is 11.7. The second-order valence-corrected chi connectivity index (χ2v) is 7.26. The first-order chi connectivity index (χ1) is 10.3. The highest BCUT2D eigenvalue weighted by molar-refractivity contribution is 7.87. The van der Waals surface area contributed by atoms with Crippen LogP contribution in [0.4, 0.5) is 5.69 Å². The lowest BCUT2D eigenvalue weighted by atomic mass is 9.96. The molecule has 1 aliphatic rings. The van der Waals surface area contributed by atoms with Crippen LogP contribution in [0.5, 0.6) is 0 Å². The van der Waals surface area contributed by atoms with E-state index in [4.69, 9.17) is 11.6 Å². The van der Waals surface area contributed by atoms with Crippen molar-refractivity contribution in [1.82, 2.24) is 4.98 Å². The van der Waals surface area contributed by atoms with Crippen molar-refractivity contribution in [3.05, 3.63) is 45.4 Å². The van der Waals surface area contributed by atoms with Crippen LogP contribution in [-0.4, -0.2) is 35.1 Å². The topological polar surface area (TPSA) is 108 Å². The van der Waals surface area contributed by atoms with Crippen LogP contribution in [-0.2, 0) is 15.1 Å². The molecule has 0 saturated heterocycles. The number of nitrogens with zero attached hydrogens (tertiary/aromatic N) is 2. The minimum Gasteiger partial charge on any atom is -0.480 e. The number of hydrogen-bond acceptors (Lipinski definition) is 5. The molecule has 2 N–H and O–H groups in total. The van der Waals surface area contributed by atoms with Gasteiger partial charge in [0.1, 0.15) is 5.01 Å². The zero-order chi connectivity index (χ0) is 16.1. The van der Waals surface area contributed by atoms with E-state index in [9.17, 15) is 22.9 Å². The third-order valence-electron chi connectivity index (χ3n) is 3.35. The molecule has 2 atom stereocenters. The van der Waals surface area contributed by atoms with Crippen molar-refractivity contribution in [2.24, 2.45) is 0 Å². The minimum atomic E-state index is -4.76. The number of aliphatic carboxylic acids is 1. The number of carboxylic acids is 1. The molecule has 7 nitrogen and oxygen atoms in total. The molecular formula is C12H9ClN2O5S2. The summed E-state index contributed by atoms with van der Waals surface area (Å²) in [6.45, 7) is 0. The number of carboxylic acid groups (broad SMARTS) is 1. The van der Waals surface area contributed by atoms with Gasteiger partial charge in [-0.25, -0.2) is 14.1 Å². The third kappa shape index (κ3) is 2.35. The number of rotatable bonds is 3. The highest BCUT2D eigenvalue weighted by atomic mass is 35.5. The molecule has 1 aromatic carbocycles. The molecule has 0 spiro atoms. The fourth-order valence-corrected chi connectivity index (χ4v) is 4.48. The van der Waals surface area contributed by atoms with E-state index >= 15 is 0 Å². The van der Waals surface area contributed by atoms with Crippen LogP contribution in [0.1, 0.15) is 16.5 Å². The summed E-state index contributed by atoms with van der Waals surface area (Å²) >= 11 is 7.15. The van der Waals surface area contributed by atoms with Gasteiger partial charge in [0.05, 0.1) is 11.6 Å². The molecular weight excluding hydrogens is 352 g/mol. The molecule has 22 heavy (non-hydrogen) atoms. The summed E-state index contributed by atoms with van der Waals surface area (Å²) in [5, 5.41) is 11.9. The Kier molecular flexibility index (Phi) is 3.60. The van der Waals surface area contributed by atoms with E-state index < -0.39 is 28.2 Å². The first-order valence-corrected chi connectivity index (χ1v) is 8.64. The normalized spacial score (nSPS) is 20.9. The third-order valence-corrected chi connectivity index (χ3v) is 5.36. The Morgan fingerprint density at radius 3 is 2.68 bits per heavy atom. The molecule has 3 rings (SSSR count). The fourth-order valence-electron chi connectivity index (χ4n) is 2.60. The summed E-state index contributed by atoms with van der Waals surface area (Å²) in [4.78, 5) is 15.7. The quantitative estimate of drug-likeness (QED) is 0.810. The Balaban J connectivity index is 2.30. The average molecular weight is 361 g/mol. The van der Waals surface area contributed by atoms with E-state index in [2.05, 4.69) is 4.98 Å². The molecule has 1 aromatic heterocycles. The predicted molar refractivity (Wildman–Crippen MR) is 80.9 cm³/mol. The van der Waals surface area contributed by atoms with Crippen molar-refractivity contribution in [1.29, 1.82) is 0 Å². The number of anilines is 1. The number of hydrogen-bond donors (Lipinski definition) is 2. The predicted octanol–water partition coefficient (Wildman–Crippen LogP) is 2.00. The molecule has 0 bridgehead atoms. The molecule has 10 heteroatoms. The van der Waals surface area contributed by atoms with E-state index in [0.717, 1.165) is 0 Å². The monoisotopic (exact) mass is 360 g/mol. The van der Waals surface area contributed by atoms with Crippen molar-refractivity contribution >= 4 is 44.9 Å². The Morgan fingerprint density at radius 1 is 1.41 bits per heavy atom. The molecule has 0 aliphatic carbocycles. The first kappa shape index (κ1) is 15.2. The number of halogens is 1. The van der Waals surface area contributed by atoms with E-state index in [-0.39, 0.29) is 5.69 Å². The van der Waals surface area contributed by atoms with Crippen molar-refractivity contribution < 1.29 is 22.9 Å². The van der Waals surface area contributed by atoms with Gasteiger partial charge in [-0.2, -0.15) is 8.42 Å². The van der Waals surface area contributed by atoms with Gasteiger partial charge in [0.25, 0.3) is 0 Å². The van der Waals surface area contributed by atoms with Crippen LogP contribution in [0.3, 0.4) is 0 Å². The number of thiazole rings is 1. The van der Waals surface area contributed by atoms with Gasteiger partial charge in [0, 0.05) is 16.6 Å². The first-order valence-electron chi connectivity index (χ1n) is 5.99. The largest absolute Gasteiger partial charge is 0.480 e. The molecule has 0 saturated carbocycles. The molecule has 0 fully saturated rings. The second kappa shape index (κ2) is 5.20. The lowest BCUT2D eigenvalue weighted by molar-refractivity contribution is -0.138. The van der Waals surface area contributed by atoms with Gasteiger partial charge < -0.3 is 5.11 Å². The van der Waals surface area contributed by atoms with Crippen LogP contribution in [0.25, 0.3) is 0 Å². The van der Waals surface area contributed by atoms with Gasteiger partial charge in [0.2, 0.25) is 0 Å². The smallest absolute Gasteiger partial charge is 0.360 e. The average Bonchev–Trinajstić information content (AvgIpc) is 3.00. The summed E-state index contributed by atoms with van der Waals surface area (Å²) in [6.07, 6.45) is 1.50. The van der Waals surface area contributed by atoms with Gasteiger partial charge in [0.15, 0.2) is 6.04 Å². The minimum absolute atomic E-state index is 0.0829. The van der Waals surface area contributed by atoms with Crippen molar-refractivity contribution in [3.8, 4) is 0 Å². The van der Waals surface area contributed by atoms with E-state index in [1.807, 2.05) is 0 Å². The summed E-state index contributed by atoms with van der Waals surface area (Å²) in [5.74, 6) is -2.22. The van der Waals surface area contributed by atoms with E-state index in [1.165, 1.54) is 35.7 Å². The Hall–Kier alpha value is -1.68. The van der Waals surface area contributed by atoms with Crippen LogP contribution < -0.4 is 4.31 Å². The van der Waals surface area contributed by atoms with Gasteiger partial charge in [-0.05, 0) is 23.8 Å². The highest BCUT2D eigenvalue weighted by Gasteiger charge is 2.49. The summed E-state index contributed by atoms with van der Waals surface area (Å²) in [7, 11) is -4.76. The SMILES string of the molecule is O=C(O)C1C(c2nccs2)c2cc(Cl)ccc2N1S(=O)(=O)O. The van der Waals surface area contributed by atoms with Crippen LogP contribution >= 0.6 is 22.9 Å². The zero-order valence-electron chi connectivity index (χ0n) is 10.7. The summed E-state index contributed by atoms with van der Waals surface area (Å²) < 4.78 is 33.3. The van der Waals surface area contributed by atoms with Gasteiger partial charge in [-0.3, -0.25) is 4.55 Å². The second-order valence-electron chi connectivity index (χ2n) is 4.61. The zero-order valence-corrected chi connectivity index (χ0v) is 13.1. The number of carbonyl (C=O) groups is 1. The van der Waals surface area contributed by atoms with E-state index in [0.29, 0.717) is 19.9 Å². The molecule has 2 aromatic rings. The molecule has 116 valence electrons. The number of aromatic nitrogens is 1. The highest BCUT2D eigenvalue weighted by Crippen LogP contribution is 2.47. The molecule has 2 unspecified atom stereocenters. The van der Waals surface area contributed by atoms with Gasteiger partial charge in [-0.15, -0.1) is 11.3 Å². The van der Waals surface area contributed by atoms with Crippen LogP contribution in [0.15, 0.2) is 29.8 Å². The van der Waals surface area contributed by atoms with Gasteiger partial charge in [-0.1, -0.05) is 11.6 Å². The summed E-state index contributed by atoms with van der Waals surface area (Å²) in [6, 6.07) is 2.77. The summed E-state index contributed by atoms with van der Waals surface area (Å²) in [5.41, 5.74) is 0.479. The molecule has 1 aliphatic heterocycles. The molecule has 2 heterocycles. The fraction of sp³-hybridized carbons (Fsp3) is 0.167. The van der Waals surface area contributed by atoms with Crippen LogP contribution in [0, 0.1) is 0 Å². The maximum absolute atomic E-state index is 11.7. The Bertz CT molecular complexity index is 837. The van der Waals surface area contributed by atoms with E-state index in [1.54, 1.807) is 5.38 Å². The number of fused-ring (bicyclic) bond motifs is 1. The molecule has 0 amide bonds. The number of benzene rings is 1. The lowest BCUT2D eigenvalue weighted by Gasteiger charge is -2.22. The lowest BCUT2D eigenvalue weighted by Crippen LogP contribution is -2.44. The van der Waals surface area contributed by atoms with Crippen molar-refractivity contribution in [3.63, 3.8) is 0 Å². The Morgan fingerprint density at radius 2 is 2.14 bits per heavy atom. The van der Waals surface area contributed by atoms with Crippen LogP contribution in [0.2, 0.25) is 5.02 Å². The van der Waals surface area contributed by atoms with Crippen molar-refractivity contribution in [2.75, 3.05) is 4.31 Å². The van der Waals surface area contributed by atoms with Gasteiger partial charge >= 0.3 is 16.3 Å². The Labute approximate surface area is 134 Å². The van der Waals surface area contributed by atoms with Crippen molar-refractivity contribution in [2.45, 2.75) is 12.0 Å². The standard InChI is InChI=1S/C12H9ClN2O5S2/c13-6-1-2-8-7(5-6)9(11-14-3-4-21-11)10(12(16)17)15(8)22(18,19)20/h1-5,9-10H,(H,16,17)(H,18,19,20). The maximum Gasteiger partial charge on any atom is 0.360 e.